The topological polar surface area (TPSA) is 55.1 Å². The third kappa shape index (κ3) is 4.43. The van der Waals surface area contributed by atoms with E-state index in [1.165, 1.54) is 37.0 Å². The highest BCUT2D eigenvalue weighted by Gasteiger charge is 2.22. The van der Waals surface area contributed by atoms with Gasteiger partial charge >= 0.3 is 0 Å². The van der Waals surface area contributed by atoms with E-state index < -0.39 is 0 Å². The van der Waals surface area contributed by atoms with Gasteiger partial charge in [-0.1, -0.05) is 75.4 Å². The zero-order valence-corrected chi connectivity index (χ0v) is 20.2. The van der Waals surface area contributed by atoms with Crippen molar-refractivity contribution in [2.45, 2.75) is 71.3 Å². The molecule has 0 radical (unpaired) electrons. The van der Waals surface area contributed by atoms with Gasteiger partial charge in [-0.15, -0.1) is 11.3 Å². The van der Waals surface area contributed by atoms with Crippen molar-refractivity contribution in [2.24, 2.45) is 5.92 Å². The SMILES string of the molecule is CCCCc1ccc(O)c2sc3nc(CCC4CCCC4)n(Cc4ccccc4)c(=O)c3c12. The summed E-state index contributed by atoms with van der Waals surface area (Å²) < 4.78 is 2.69. The quantitative estimate of drug-likeness (QED) is 0.313. The maximum absolute atomic E-state index is 14.0. The van der Waals surface area contributed by atoms with E-state index in [1.54, 1.807) is 6.07 Å². The van der Waals surface area contributed by atoms with Gasteiger partial charge < -0.3 is 5.11 Å². The lowest BCUT2D eigenvalue weighted by Gasteiger charge is -2.15. The standard InChI is InChI=1S/C28H32N2O2S/c1-2-3-13-21-15-16-22(31)26-24(21)25-27(33-26)29-23(17-14-19-9-7-8-10-19)30(28(25)32)18-20-11-5-4-6-12-20/h4-6,11-12,15-16,19,31H,2-3,7-10,13-14,17-18H2,1H3. The summed E-state index contributed by atoms with van der Waals surface area (Å²) in [5.41, 5.74) is 2.27. The van der Waals surface area contributed by atoms with Crippen LogP contribution in [0.1, 0.15) is 68.8 Å². The highest BCUT2D eigenvalue weighted by atomic mass is 32.1. The first-order chi connectivity index (χ1) is 16.2. The van der Waals surface area contributed by atoms with E-state index in [4.69, 9.17) is 4.98 Å². The Morgan fingerprint density at radius 3 is 2.61 bits per heavy atom. The van der Waals surface area contributed by atoms with E-state index in [1.807, 2.05) is 28.8 Å². The number of nitrogens with zero attached hydrogens (tertiary/aromatic N) is 2. The summed E-state index contributed by atoms with van der Waals surface area (Å²) in [6, 6.07) is 13.9. The van der Waals surface area contributed by atoms with Crippen LogP contribution in [0, 0.1) is 5.92 Å². The number of rotatable bonds is 8. The van der Waals surface area contributed by atoms with Gasteiger partial charge in [0, 0.05) is 11.8 Å². The van der Waals surface area contributed by atoms with Crippen LogP contribution in [0.2, 0.25) is 0 Å². The van der Waals surface area contributed by atoms with E-state index in [0.29, 0.717) is 11.9 Å². The van der Waals surface area contributed by atoms with Gasteiger partial charge in [0.25, 0.3) is 5.56 Å². The molecule has 2 heterocycles. The van der Waals surface area contributed by atoms with Gasteiger partial charge in [-0.3, -0.25) is 9.36 Å². The predicted octanol–water partition coefficient (Wildman–Crippen LogP) is 6.83. The summed E-state index contributed by atoms with van der Waals surface area (Å²) in [6.07, 6.45) is 10.2. The molecule has 1 N–H and O–H groups in total. The molecule has 0 aliphatic heterocycles. The number of benzene rings is 2. The molecule has 4 aromatic rings. The predicted molar refractivity (Wildman–Crippen MR) is 137 cm³/mol. The van der Waals surface area contributed by atoms with Gasteiger partial charge in [0.2, 0.25) is 0 Å². The van der Waals surface area contributed by atoms with Gasteiger partial charge in [-0.2, -0.15) is 0 Å². The molecule has 0 saturated heterocycles. The van der Waals surface area contributed by atoms with Crippen molar-refractivity contribution in [3.05, 3.63) is 69.8 Å². The third-order valence-electron chi connectivity index (χ3n) is 7.12. The number of fused-ring (bicyclic) bond motifs is 3. The monoisotopic (exact) mass is 460 g/mol. The maximum Gasteiger partial charge on any atom is 0.263 e. The molecule has 1 aliphatic rings. The Bertz CT molecular complexity index is 1320. The van der Waals surface area contributed by atoms with Gasteiger partial charge in [-0.05, 0) is 42.4 Å². The number of aromatic hydroxyl groups is 1. The molecule has 5 heteroatoms. The number of hydrogen-bond acceptors (Lipinski definition) is 4. The zero-order valence-electron chi connectivity index (χ0n) is 19.3. The van der Waals surface area contributed by atoms with Crippen LogP contribution in [0.3, 0.4) is 0 Å². The molecule has 0 spiro atoms. The normalized spacial score (nSPS) is 14.6. The van der Waals surface area contributed by atoms with Crippen molar-refractivity contribution in [2.75, 3.05) is 0 Å². The first-order valence-corrected chi connectivity index (χ1v) is 13.2. The molecular weight excluding hydrogens is 428 g/mol. The molecule has 1 aliphatic carbocycles. The average molecular weight is 461 g/mol. The van der Waals surface area contributed by atoms with Gasteiger partial charge in [0.1, 0.15) is 16.4 Å². The van der Waals surface area contributed by atoms with Crippen LogP contribution in [0.5, 0.6) is 5.75 Å². The Morgan fingerprint density at radius 1 is 1.06 bits per heavy atom. The van der Waals surface area contributed by atoms with E-state index in [9.17, 15) is 9.90 Å². The third-order valence-corrected chi connectivity index (χ3v) is 8.23. The summed E-state index contributed by atoms with van der Waals surface area (Å²) in [5.74, 6) is 1.87. The first kappa shape index (κ1) is 22.1. The number of thiophene rings is 1. The summed E-state index contributed by atoms with van der Waals surface area (Å²) in [4.78, 5) is 19.8. The molecule has 0 bridgehead atoms. The lowest BCUT2D eigenvalue weighted by molar-refractivity contribution is 0.482. The van der Waals surface area contributed by atoms with Crippen molar-refractivity contribution in [1.29, 1.82) is 0 Å². The van der Waals surface area contributed by atoms with E-state index in [0.717, 1.165) is 69.9 Å². The van der Waals surface area contributed by atoms with Crippen molar-refractivity contribution >= 4 is 31.6 Å². The van der Waals surface area contributed by atoms with Crippen LogP contribution in [-0.2, 0) is 19.4 Å². The van der Waals surface area contributed by atoms with Crippen LogP contribution < -0.4 is 5.56 Å². The highest BCUT2D eigenvalue weighted by molar-refractivity contribution is 7.25. The number of aromatic nitrogens is 2. The largest absolute Gasteiger partial charge is 0.506 e. The lowest BCUT2D eigenvalue weighted by atomic mass is 10.0. The highest BCUT2D eigenvalue weighted by Crippen LogP contribution is 2.39. The molecule has 0 atom stereocenters. The number of unbranched alkanes of at least 4 members (excludes halogenated alkanes) is 1. The molecule has 5 rings (SSSR count). The average Bonchev–Trinajstić information content (AvgIpc) is 3.49. The molecule has 4 nitrogen and oxygen atoms in total. The number of hydrogen-bond donors (Lipinski definition) is 1. The van der Waals surface area contributed by atoms with Crippen LogP contribution in [0.15, 0.2) is 47.3 Å². The van der Waals surface area contributed by atoms with Crippen molar-refractivity contribution < 1.29 is 5.11 Å². The lowest BCUT2D eigenvalue weighted by Crippen LogP contribution is -2.26. The van der Waals surface area contributed by atoms with Crippen molar-refractivity contribution in [3.8, 4) is 5.75 Å². The summed E-state index contributed by atoms with van der Waals surface area (Å²) in [7, 11) is 0. The molecule has 1 saturated carbocycles. The van der Waals surface area contributed by atoms with Gasteiger partial charge in [0.05, 0.1) is 16.6 Å². The van der Waals surface area contributed by atoms with E-state index >= 15 is 0 Å². The second kappa shape index (κ2) is 9.68. The first-order valence-electron chi connectivity index (χ1n) is 12.4. The Morgan fingerprint density at radius 2 is 1.85 bits per heavy atom. The van der Waals surface area contributed by atoms with Gasteiger partial charge in [0.15, 0.2) is 0 Å². The number of phenolic OH excluding ortho intramolecular Hbond substituents is 1. The summed E-state index contributed by atoms with van der Waals surface area (Å²) in [5, 5.41) is 12.2. The molecule has 172 valence electrons. The maximum atomic E-state index is 14.0. The fourth-order valence-electron chi connectivity index (χ4n) is 5.28. The molecule has 33 heavy (non-hydrogen) atoms. The number of aryl methyl sites for hydroxylation is 2. The Balaban J connectivity index is 1.67. The molecule has 1 fully saturated rings. The molecule has 2 aromatic carbocycles. The van der Waals surface area contributed by atoms with Crippen LogP contribution in [-0.4, -0.2) is 14.7 Å². The van der Waals surface area contributed by atoms with Crippen LogP contribution in [0.25, 0.3) is 20.3 Å². The fraction of sp³-hybridized carbons (Fsp3) is 0.429. The Kier molecular flexibility index (Phi) is 6.50. The summed E-state index contributed by atoms with van der Waals surface area (Å²) >= 11 is 1.46. The Labute approximate surface area is 198 Å². The molecular formula is C28H32N2O2S. The van der Waals surface area contributed by atoms with Crippen molar-refractivity contribution in [1.82, 2.24) is 9.55 Å². The van der Waals surface area contributed by atoms with Crippen LogP contribution in [0.4, 0.5) is 0 Å². The second-order valence-electron chi connectivity index (χ2n) is 9.43. The molecule has 0 amide bonds. The minimum atomic E-state index is 0.0277. The van der Waals surface area contributed by atoms with E-state index in [2.05, 4.69) is 19.1 Å². The number of phenols is 1. The van der Waals surface area contributed by atoms with E-state index in [-0.39, 0.29) is 11.3 Å². The molecule has 2 aromatic heterocycles. The minimum absolute atomic E-state index is 0.0277. The second-order valence-corrected chi connectivity index (χ2v) is 10.4. The fourth-order valence-corrected chi connectivity index (χ4v) is 6.42. The zero-order chi connectivity index (χ0) is 22.8. The molecule has 0 unspecified atom stereocenters. The summed E-state index contributed by atoms with van der Waals surface area (Å²) in [6.45, 7) is 2.71. The van der Waals surface area contributed by atoms with Crippen LogP contribution >= 0.6 is 11.3 Å². The Hall–Kier alpha value is -2.66. The van der Waals surface area contributed by atoms with Gasteiger partial charge in [-0.25, -0.2) is 4.98 Å². The smallest absolute Gasteiger partial charge is 0.263 e. The minimum Gasteiger partial charge on any atom is -0.506 e. The van der Waals surface area contributed by atoms with Crippen molar-refractivity contribution in [3.63, 3.8) is 0 Å².